The van der Waals surface area contributed by atoms with E-state index in [1.807, 2.05) is 18.2 Å². The van der Waals surface area contributed by atoms with E-state index in [0.717, 1.165) is 0 Å². The predicted octanol–water partition coefficient (Wildman–Crippen LogP) is 0.916. The normalized spacial score (nSPS) is 14.3. The Kier molecular flexibility index (Phi) is 8.75. The van der Waals surface area contributed by atoms with Crippen molar-refractivity contribution in [3.8, 4) is 0 Å². The molecule has 6 heteroatoms. The Morgan fingerprint density at radius 3 is 2.54 bits per heavy atom. The van der Waals surface area contributed by atoms with Gasteiger partial charge in [-0.3, -0.25) is 9.59 Å². The number of allylic oxidation sites excluding steroid dienone is 1. The lowest BCUT2D eigenvalue weighted by molar-refractivity contribution is -0.130. The van der Waals surface area contributed by atoms with Crippen molar-refractivity contribution in [2.75, 3.05) is 13.2 Å². The van der Waals surface area contributed by atoms with Crippen LogP contribution in [0, 0.1) is 5.92 Å². The molecule has 0 spiro atoms. The maximum absolute atomic E-state index is 12.3. The maximum Gasteiger partial charge on any atom is 0.224 e. The minimum atomic E-state index is -0.803. The molecule has 1 aromatic carbocycles. The monoisotopic (exact) mass is 334 g/mol. The Morgan fingerprint density at radius 1 is 1.29 bits per heavy atom. The fourth-order valence-electron chi connectivity index (χ4n) is 2.22. The molecule has 0 fully saturated rings. The minimum absolute atomic E-state index is 0.00360. The molecule has 0 aliphatic rings. The van der Waals surface area contributed by atoms with E-state index in [2.05, 4.69) is 17.2 Å². The highest BCUT2D eigenvalue weighted by Gasteiger charge is 2.22. The van der Waals surface area contributed by atoms with Crippen LogP contribution in [0.15, 0.2) is 43.0 Å². The molecule has 0 aliphatic carbocycles. The van der Waals surface area contributed by atoms with E-state index in [1.54, 1.807) is 25.1 Å². The van der Waals surface area contributed by atoms with Crippen LogP contribution in [0.2, 0.25) is 0 Å². The van der Waals surface area contributed by atoms with Gasteiger partial charge in [0.05, 0.1) is 18.6 Å². The molecule has 0 saturated carbocycles. The molecule has 0 bridgehead atoms. The van der Waals surface area contributed by atoms with Gasteiger partial charge in [0.15, 0.2) is 0 Å². The van der Waals surface area contributed by atoms with Gasteiger partial charge >= 0.3 is 0 Å². The summed E-state index contributed by atoms with van der Waals surface area (Å²) in [6.45, 7) is 5.20. The van der Waals surface area contributed by atoms with Gasteiger partial charge in [-0.15, -0.1) is 6.58 Å². The highest BCUT2D eigenvalue weighted by Crippen LogP contribution is 2.13. The van der Waals surface area contributed by atoms with Gasteiger partial charge in [0.1, 0.15) is 0 Å². The van der Waals surface area contributed by atoms with Gasteiger partial charge in [0.2, 0.25) is 11.8 Å². The molecule has 0 unspecified atom stereocenters. The lowest BCUT2D eigenvalue weighted by Crippen LogP contribution is -2.39. The SMILES string of the molecule is C=CC[C@H](CC(=O)N[C@@H](C)CO)C(=O)NC[C@@H](O)c1ccccc1. The summed E-state index contributed by atoms with van der Waals surface area (Å²) in [4.78, 5) is 24.1. The molecule has 0 heterocycles. The van der Waals surface area contributed by atoms with Crippen LogP contribution in [0.4, 0.5) is 0 Å². The molecule has 0 saturated heterocycles. The highest BCUT2D eigenvalue weighted by atomic mass is 16.3. The van der Waals surface area contributed by atoms with Crippen LogP contribution in [-0.2, 0) is 9.59 Å². The number of rotatable bonds is 10. The van der Waals surface area contributed by atoms with Gasteiger partial charge in [-0.05, 0) is 18.9 Å². The van der Waals surface area contributed by atoms with Crippen molar-refractivity contribution in [1.82, 2.24) is 10.6 Å². The smallest absolute Gasteiger partial charge is 0.224 e. The molecule has 0 radical (unpaired) electrons. The van der Waals surface area contributed by atoms with E-state index in [-0.39, 0.29) is 37.4 Å². The van der Waals surface area contributed by atoms with Crippen LogP contribution in [0.25, 0.3) is 0 Å². The first kappa shape index (κ1) is 19.9. The summed E-state index contributed by atoms with van der Waals surface area (Å²) in [5, 5.41) is 24.3. The molecule has 6 nitrogen and oxygen atoms in total. The van der Waals surface area contributed by atoms with E-state index in [9.17, 15) is 14.7 Å². The predicted molar refractivity (Wildman–Crippen MR) is 92.0 cm³/mol. The molecule has 0 aliphatic heterocycles. The van der Waals surface area contributed by atoms with Crippen LogP contribution >= 0.6 is 0 Å². The number of carbonyl (C=O) groups is 2. The first-order chi connectivity index (χ1) is 11.5. The fourth-order valence-corrected chi connectivity index (χ4v) is 2.22. The summed E-state index contributed by atoms with van der Waals surface area (Å²) in [6, 6.07) is 8.68. The van der Waals surface area contributed by atoms with E-state index >= 15 is 0 Å². The largest absolute Gasteiger partial charge is 0.394 e. The number of hydrogen-bond donors (Lipinski definition) is 4. The second-order valence-corrected chi connectivity index (χ2v) is 5.75. The van der Waals surface area contributed by atoms with Crippen molar-refractivity contribution in [3.63, 3.8) is 0 Å². The molecule has 24 heavy (non-hydrogen) atoms. The van der Waals surface area contributed by atoms with Crippen LogP contribution in [0.5, 0.6) is 0 Å². The molecule has 3 atom stereocenters. The zero-order chi connectivity index (χ0) is 17.9. The Labute approximate surface area is 142 Å². The van der Waals surface area contributed by atoms with Gasteiger partial charge in [0, 0.05) is 19.0 Å². The fraction of sp³-hybridized carbons (Fsp3) is 0.444. The average Bonchev–Trinajstić information content (AvgIpc) is 2.59. The topological polar surface area (TPSA) is 98.7 Å². The number of amides is 2. The van der Waals surface area contributed by atoms with E-state index in [1.165, 1.54) is 0 Å². The first-order valence-electron chi connectivity index (χ1n) is 7.99. The summed E-state index contributed by atoms with van der Waals surface area (Å²) in [6.07, 6.45) is 1.14. The van der Waals surface area contributed by atoms with Crippen molar-refractivity contribution in [2.24, 2.45) is 5.92 Å². The van der Waals surface area contributed by atoms with Gasteiger partial charge in [-0.25, -0.2) is 0 Å². The Balaban J connectivity index is 2.53. The summed E-state index contributed by atoms with van der Waals surface area (Å²) >= 11 is 0. The van der Waals surface area contributed by atoms with Crippen LogP contribution in [0.3, 0.4) is 0 Å². The third-order valence-electron chi connectivity index (χ3n) is 3.59. The molecule has 0 aromatic heterocycles. The van der Waals surface area contributed by atoms with Gasteiger partial charge in [-0.1, -0.05) is 36.4 Å². The van der Waals surface area contributed by atoms with Crippen LogP contribution < -0.4 is 10.6 Å². The lowest BCUT2D eigenvalue weighted by atomic mass is 9.99. The Bertz CT molecular complexity index is 533. The Morgan fingerprint density at radius 2 is 1.96 bits per heavy atom. The van der Waals surface area contributed by atoms with E-state index in [0.29, 0.717) is 12.0 Å². The second-order valence-electron chi connectivity index (χ2n) is 5.75. The summed E-state index contributed by atoms with van der Waals surface area (Å²) in [7, 11) is 0. The molecule has 132 valence electrons. The second kappa shape index (κ2) is 10.6. The van der Waals surface area contributed by atoms with E-state index < -0.39 is 12.0 Å². The number of nitrogens with one attached hydrogen (secondary N) is 2. The highest BCUT2D eigenvalue weighted by molar-refractivity contribution is 5.86. The zero-order valence-electron chi connectivity index (χ0n) is 13.9. The van der Waals surface area contributed by atoms with Crippen molar-refractivity contribution in [2.45, 2.75) is 31.9 Å². The summed E-state index contributed by atoms with van der Waals surface area (Å²) in [5.41, 5.74) is 0.715. The third kappa shape index (κ3) is 6.93. The zero-order valence-corrected chi connectivity index (χ0v) is 13.9. The average molecular weight is 334 g/mol. The maximum atomic E-state index is 12.3. The number of benzene rings is 1. The number of carbonyl (C=O) groups excluding carboxylic acids is 2. The van der Waals surface area contributed by atoms with Crippen LogP contribution in [0.1, 0.15) is 31.4 Å². The minimum Gasteiger partial charge on any atom is -0.394 e. The van der Waals surface area contributed by atoms with Crippen molar-refractivity contribution >= 4 is 11.8 Å². The van der Waals surface area contributed by atoms with Crippen LogP contribution in [-0.4, -0.2) is 41.2 Å². The summed E-state index contributed by atoms with van der Waals surface area (Å²) in [5.74, 6) is -1.17. The number of hydrogen-bond acceptors (Lipinski definition) is 4. The van der Waals surface area contributed by atoms with Crippen molar-refractivity contribution in [3.05, 3.63) is 48.6 Å². The molecule has 1 aromatic rings. The lowest BCUT2D eigenvalue weighted by Gasteiger charge is -2.18. The first-order valence-corrected chi connectivity index (χ1v) is 7.99. The molecule has 2 amide bonds. The van der Waals surface area contributed by atoms with Gasteiger partial charge in [0.25, 0.3) is 0 Å². The molecular formula is C18H26N2O4. The third-order valence-corrected chi connectivity index (χ3v) is 3.59. The quantitative estimate of drug-likeness (QED) is 0.478. The molecular weight excluding hydrogens is 308 g/mol. The Hall–Kier alpha value is -2.18. The van der Waals surface area contributed by atoms with Crippen molar-refractivity contribution in [1.29, 1.82) is 0 Å². The van der Waals surface area contributed by atoms with Crippen molar-refractivity contribution < 1.29 is 19.8 Å². The number of aliphatic hydroxyl groups is 2. The van der Waals surface area contributed by atoms with E-state index in [4.69, 9.17) is 5.11 Å². The summed E-state index contributed by atoms with van der Waals surface area (Å²) < 4.78 is 0. The molecule has 1 rings (SSSR count). The number of aliphatic hydroxyl groups excluding tert-OH is 2. The van der Waals surface area contributed by atoms with Gasteiger partial charge in [-0.2, -0.15) is 0 Å². The van der Waals surface area contributed by atoms with Gasteiger partial charge < -0.3 is 20.8 Å². The molecule has 4 N–H and O–H groups in total. The standard InChI is InChI=1S/C18H26N2O4/c1-3-7-15(10-17(23)20-13(2)12-21)18(24)19-11-16(22)14-8-5-4-6-9-14/h3-6,8-9,13,15-16,21-22H,1,7,10-12H2,2H3,(H,19,24)(H,20,23)/t13-,15+,16+/m0/s1.